The maximum atomic E-state index is 13.2. The lowest BCUT2D eigenvalue weighted by Gasteiger charge is -2.16. The third-order valence-electron chi connectivity index (χ3n) is 5.12. The Kier molecular flexibility index (Phi) is 5.76. The van der Waals surface area contributed by atoms with Crippen LogP contribution in [0.25, 0.3) is 22.2 Å². The van der Waals surface area contributed by atoms with Gasteiger partial charge in [0.1, 0.15) is 11.7 Å². The van der Waals surface area contributed by atoms with Crippen LogP contribution in [0.1, 0.15) is 15.9 Å². The number of carbonyl (C=O) groups excluding carboxylic acids is 3. The first-order chi connectivity index (χ1) is 15.4. The van der Waals surface area contributed by atoms with Crippen molar-refractivity contribution in [3.8, 4) is 11.4 Å². The van der Waals surface area contributed by atoms with E-state index in [9.17, 15) is 14.4 Å². The number of nitrogens with zero attached hydrogens (tertiary/aromatic N) is 3. The molecule has 0 radical (unpaired) electrons. The molecule has 2 heterocycles. The number of nitrogens with two attached hydrogens (primary N) is 1. The van der Waals surface area contributed by atoms with Gasteiger partial charge in [0.25, 0.3) is 11.8 Å². The molecular formula is C24H21N5O3. The predicted molar refractivity (Wildman–Crippen MR) is 120 cm³/mol. The second-order valence-electron chi connectivity index (χ2n) is 7.39. The van der Waals surface area contributed by atoms with Gasteiger partial charge in [0.05, 0.1) is 11.3 Å². The number of aryl methyl sites for hydroxylation is 1. The lowest BCUT2D eigenvalue weighted by atomic mass is 10.0. The van der Waals surface area contributed by atoms with Crippen LogP contribution in [0.5, 0.6) is 0 Å². The van der Waals surface area contributed by atoms with Gasteiger partial charge in [-0.1, -0.05) is 54.6 Å². The van der Waals surface area contributed by atoms with Crippen molar-refractivity contribution in [1.29, 1.82) is 0 Å². The van der Waals surface area contributed by atoms with Crippen molar-refractivity contribution in [2.75, 3.05) is 0 Å². The second-order valence-corrected chi connectivity index (χ2v) is 7.39. The molecule has 0 saturated carbocycles. The summed E-state index contributed by atoms with van der Waals surface area (Å²) in [5.41, 5.74) is 7.19. The number of benzene rings is 2. The first-order valence-corrected chi connectivity index (χ1v) is 10.00. The summed E-state index contributed by atoms with van der Waals surface area (Å²) in [4.78, 5) is 41.7. The van der Waals surface area contributed by atoms with Gasteiger partial charge in [-0.05, 0) is 17.0 Å². The van der Waals surface area contributed by atoms with Crippen LogP contribution in [0.4, 0.5) is 0 Å². The highest BCUT2D eigenvalue weighted by Crippen LogP contribution is 2.27. The summed E-state index contributed by atoms with van der Waals surface area (Å²) in [5, 5.41) is 8.91. The smallest absolute Gasteiger partial charge is 0.287 e. The molecule has 8 heteroatoms. The molecule has 8 nitrogen and oxygen atoms in total. The number of carbonyl (C=O) groups is 3. The highest BCUT2D eigenvalue weighted by Gasteiger charge is 2.28. The fraction of sp³-hybridized carbons (Fsp3) is 0.125. The molecule has 2 aromatic heterocycles. The van der Waals surface area contributed by atoms with Gasteiger partial charge in [-0.25, -0.2) is 0 Å². The monoisotopic (exact) mass is 427 g/mol. The maximum absolute atomic E-state index is 13.2. The van der Waals surface area contributed by atoms with E-state index in [0.29, 0.717) is 11.4 Å². The van der Waals surface area contributed by atoms with Gasteiger partial charge in [-0.15, -0.1) is 0 Å². The van der Waals surface area contributed by atoms with Crippen molar-refractivity contribution in [3.63, 3.8) is 0 Å². The minimum absolute atomic E-state index is 0.135. The number of fused-ring (bicyclic) bond motifs is 1. The van der Waals surface area contributed by atoms with E-state index in [0.717, 1.165) is 16.3 Å². The highest BCUT2D eigenvalue weighted by atomic mass is 16.2. The van der Waals surface area contributed by atoms with Crippen molar-refractivity contribution in [3.05, 3.63) is 84.2 Å². The summed E-state index contributed by atoms with van der Waals surface area (Å²) in [6, 6.07) is 17.5. The zero-order valence-electron chi connectivity index (χ0n) is 17.4. The number of amides is 2. The number of nitrogens with one attached hydrogen (secondary N) is 1. The Bertz CT molecular complexity index is 1310. The quantitative estimate of drug-likeness (QED) is 0.437. The standard InChI is InChI=1S/C24H21N5O3/c1-29-14-18(21(28-29)20-17-10-6-5-9-16(17)11-12-26-20)24(32)27-19(22(30)23(25)31)13-15-7-3-2-4-8-15/h2-12,14,19H,13H2,1H3,(H2,25,31)(H,27,32). The van der Waals surface area contributed by atoms with Gasteiger partial charge >= 0.3 is 0 Å². The van der Waals surface area contributed by atoms with Gasteiger partial charge < -0.3 is 11.1 Å². The van der Waals surface area contributed by atoms with E-state index in [2.05, 4.69) is 15.4 Å². The van der Waals surface area contributed by atoms with E-state index in [1.165, 1.54) is 4.68 Å². The summed E-state index contributed by atoms with van der Waals surface area (Å²) < 4.78 is 1.51. The number of ketones is 1. The Hall–Kier alpha value is -4.33. The molecular weight excluding hydrogens is 406 g/mol. The summed E-state index contributed by atoms with van der Waals surface area (Å²) in [6.07, 6.45) is 3.35. The Morgan fingerprint density at radius 1 is 1.00 bits per heavy atom. The molecule has 4 aromatic rings. The molecule has 0 saturated heterocycles. The van der Waals surface area contributed by atoms with Crippen molar-refractivity contribution in [2.45, 2.75) is 12.5 Å². The number of Topliss-reactive ketones (excluding diaryl/α,β-unsaturated/α-hetero) is 1. The fourth-order valence-electron chi connectivity index (χ4n) is 3.60. The van der Waals surface area contributed by atoms with Crippen LogP contribution >= 0.6 is 0 Å². The average Bonchev–Trinajstić information content (AvgIpc) is 3.20. The van der Waals surface area contributed by atoms with Crippen LogP contribution in [0.2, 0.25) is 0 Å². The first-order valence-electron chi connectivity index (χ1n) is 10.00. The van der Waals surface area contributed by atoms with Crippen LogP contribution in [0.3, 0.4) is 0 Å². The molecule has 32 heavy (non-hydrogen) atoms. The highest BCUT2D eigenvalue weighted by molar-refractivity contribution is 6.38. The van der Waals surface area contributed by atoms with Crippen LogP contribution in [-0.4, -0.2) is 38.4 Å². The molecule has 1 unspecified atom stereocenters. The molecule has 0 aliphatic rings. The molecule has 0 spiro atoms. The van der Waals surface area contributed by atoms with Gasteiger partial charge in [-0.3, -0.25) is 24.0 Å². The van der Waals surface area contributed by atoms with E-state index < -0.39 is 23.6 Å². The summed E-state index contributed by atoms with van der Waals surface area (Å²) >= 11 is 0. The Morgan fingerprint density at radius 3 is 2.47 bits per heavy atom. The predicted octanol–water partition coefficient (Wildman–Crippen LogP) is 2.03. The third-order valence-corrected chi connectivity index (χ3v) is 5.12. The molecule has 2 aromatic carbocycles. The lowest BCUT2D eigenvalue weighted by molar-refractivity contribution is -0.137. The molecule has 3 N–H and O–H groups in total. The average molecular weight is 427 g/mol. The number of aromatic nitrogens is 3. The van der Waals surface area contributed by atoms with Crippen LogP contribution in [-0.2, 0) is 23.1 Å². The molecule has 0 aliphatic heterocycles. The van der Waals surface area contributed by atoms with Gasteiger partial charge in [0.2, 0.25) is 5.78 Å². The van der Waals surface area contributed by atoms with E-state index >= 15 is 0 Å². The van der Waals surface area contributed by atoms with Crippen molar-refractivity contribution < 1.29 is 14.4 Å². The Labute approximate surface area is 184 Å². The van der Waals surface area contributed by atoms with Gasteiger partial charge in [0.15, 0.2) is 0 Å². The van der Waals surface area contributed by atoms with Crippen molar-refractivity contribution >= 4 is 28.4 Å². The van der Waals surface area contributed by atoms with Gasteiger partial charge in [-0.2, -0.15) is 5.10 Å². The lowest BCUT2D eigenvalue weighted by Crippen LogP contribution is -2.47. The van der Waals surface area contributed by atoms with Gasteiger partial charge in [0, 0.05) is 31.2 Å². The van der Waals surface area contributed by atoms with Crippen LogP contribution < -0.4 is 11.1 Å². The third kappa shape index (κ3) is 4.24. The zero-order chi connectivity index (χ0) is 22.7. The fourth-order valence-corrected chi connectivity index (χ4v) is 3.60. The molecule has 0 bridgehead atoms. The number of rotatable bonds is 7. The topological polar surface area (TPSA) is 120 Å². The molecule has 1 atom stereocenters. The minimum Gasteiger partial charge on any atom is -0.363 e. The van der Waals surface area contributed by atoms with Crippen molar-refractivity contribution in [1.82, 2.24) is 20.1 Å². The SMILES string of the molecule is Cn1cc(C(=O)NC(Cc2ccccc2)C(=O)C(N)=O)c(-c2nccc3ccccc23)n1. The Morgan fingerprint density at radius 2 is 1.72 bits per heavy atom. The molecule has 0 fully saturated rings. The largest absolute Gasteiger partial charge is 0.363 e. The molecule has 2 amide bonds. The summed E-state index contributed by atoms with van der Waals surface area (Å²) in [7, 11) is 1.70. The summed E-state index contributed by atoms with van der Waals surface area (Å²) in [6.45, 7) is 0. The molecule has 0 aliphatic carbocycles. The van der Waals surface area contributed by atoms with E-state index in [1.54, 1.807) is 19.4 Å². The number of pyridine rings is 1. The minimum atomic E-state index is -1.10. The molecule has 4 rings (SSSR count). The van der Waals surface area contributed by atoms with E-state index in [-0.39, 0.29) is 12.0 Å². The van der Waals surface area contributed by atoms with E-state index in [4.69, 9.17) is 5.73 Å². The number of hydrogen-bond donors (Lipinski definition) is 2. The number of primary amides is 1. The summed E-state index contributed by atoms with van der Waals surface area (Å²) in [5.74, 6) is -2.51. The molecule has 160 valence electrons. The maximum Gasteiger partial charge on any atom is 0.287 e. The van der Waals surface area contributed by atoms with Crippen LogP contribution in [0.15, 0.2) is 73.1 Å². The van der Waals surface area contributed by atoms with Crippen LogP contribution in [0, 0.1) is 0 Å². The Balaban J connectivity index is 1.70. The number of hydrogen-bond acceptors (Lipinski definition) is 5. The van der Waals surface area contributed by atoms with Crippen molar-refractivity contribution in [2.24, 2.45) is 12.8 Å². The first kappa shape index (κ1) is 20.9. The van der Waals surface area contributed by atoms with E-state index in [1.807, 2.05) is 60.7 Å². The zero-order valence-corrected chi connectivity index (χ0v) is 17.4. The second kappa shape index (κ2) is 8.81. The normalized spacial score (nSPS) is 11.8.